The van der Waals surface area contributed by atoms with E-state index in [0.717, 1.165) is 0 Å². The van der Waals surface area contributed by atoms with Gasteiger partial charge >= 0.3 is 0 Å². The van der Waals surface area contributed by atoms with E-state index < -0.39 is 15.4 Å². The first kappa shape index (κ1) is 8.72. The van der Waals surface area contributed by atoms with E-state index in [1.54, 1.807) is 18.2 Å². The molecule has 70 valence electrons. The molecule has 0 saturated carbocycles. The van der Waals surface area contributed by atoms with Gasteiger partial charge in [-0.3, -0.25) is 0 Å². The van der Waals surface area contributed by atoms with E-state index in [0.29, 0.717) is 5.56 Å². The van der Waals surface area contributed by atoms with Crippen molar-refractivity contribution in [2.45, 2.75) is 17.4 Å². The van der Waals surface area contributed by atoms with Crippen LogP contribution in [0, 0.1) is 0 Å². The Bertz CT molecular complexity index is 446. The second-order valence-corrected chi connectivity index (χ2v) is 5.49. The van der Waals surface area contributed by atoms with Crippen LogP contribution in [0.1, 0.15) is 12.5 Å². The number of hydrogen-bond donors (Lipinski definition) is 1. The Morgan fingerprint density at radius 3 is 2.62 bits per heavy atom. The van der Waals surface area contributed by atoms with E-state index in [-0.39, 0.29) is 10.6 Å². The SMILES string of the molecule is CC1(O)CS(=O)(=O)c2ccccc21. The lowest BCUT2D eigenvalue weighted by Gasteiger charge is -2.14. The molecule has 0 fully saturated rings. The van der Waals surface area contributed by atoms with Gasteiger partial charge in [0.15, 0.2) is 9.84 Å². The molecule has 0 bridgehead atoms. The maximum Gasteiger partial charge on any atom is 0.181 e. The van der Waals surface area contributed by atoms with Gasteiger partial charge in [0.05, 0.1) is 10.6 Å². The fourth-order valence-electron chi connectivity index (χ4n) is 1.71. The maximum absolute atomic E-state index is 11.5. The average Bonchev–Trinajstić information content (AvgIpc) is 2.20. The number of hydrogen-bond acceptors (Lipinski definition) is 3. The first-order valence-corrected chi connectivity index (χ1v) is 5.63. The third-order valence-electron chi connectivity index (χ3n) is 2.27. The quantitative estimate of drug-likeness (QED) is 0.667. The van der Waals surface area contributed by atoms with E-state index in [4.69, 9.17) is 0 Å². The van der Waals surface area contributed by atoms with Gasteiger partial charge < -0.3 is 5.11 Å². The average molecular weight is 198 g/mol. The van der Waals surface area contributed by atoms with Crippen molar-refractivity contribution in [3.63, 3.8) is 0 Å². The number of rotatable bonds is 0. The molecular formula is C9H10O3S. The van der Waals surface area contributed by atoms with Crippen LogP contribution in [0.5, 0.6) is 0 Å². The van der Waals surface area contributed by atoms with Crippen molar-refractivity contribution in [1.82, 2.24) is 0 Å². The van der Waals surface area contributed by atoms with Gasteiger partial charge in [-0.15, -0.1) is 0 Å². The highest BCUT2D eigenvalue weighted by Crippen LogP contribution is 2.37. The highest BCUT2D eigenvalue weighted by atomic mass is 32.2. The molecule has 1 heterocycles. The second kappa shape index (κ2) is 2.33. The molecule has 2 rings (SSSR count). The molecule has 0 radical (unpaired) electrons. The lowest BCUT2D eigenvalue weighted by molar-refractivity contribution is 0.0842. The Morgan fingerprint density at radius 1 is 1.38 bits per heavy atom. The Balaban J connectivity index is 2.79. The fraction of sp³-hybridized carbons (Fsp3) is 0.333. The predicted molar refractivity (Wildman–Crippen MR) is 48.1 cm³/mol. The lowest BCUT2D eigenvalue weighted by atomic mass is 9.99. The van der Waals surface area contributed by atoms with Crippen LogP contribution < -0.4 is 0 Å². The Kier molecular flexibility index (Phi) is 1.56. The minimum atomic E-state index is -3.26. The van der Waals surface area contributed by atoms with Crippen LogP contribution >= 0.6 is 0 Å². The van der Waals surface area contributed by atoms with Crippen LogP contribution in [0.15, 0.2) is 29.2 Å². The molecule has 1 aromatic carbocycles. The normalized spacial score (nSPS) is 30.0. The van der Waals surface area contributed by atoms with Crippen LogP contribution in [0.4, 0.5) is 0 Å². The minimum Gasteiger partial charge on any atom is -0.384 e. The predicted octanol–water partition coefficient (Wildman–Crippen LogP) is 0.681. The van der Waals surface area contributed by atoms with E-state index >= 15 is 0 Å². The van der Waals surface area contributed by atoms with Gasteiger partial charge in [-0.2, -0.15) is 0 Å². The molecule has 0 spiro atoms. The number of aliphatic hydroxyl groups is 1. The summed E-state index contributed by atoms with van der Waals surface area (Å²) >= 11 is 0. The lowest BCUT2D eigenvalue weighted by Crippen LogP contribution is -2.22. The summed E-state index contributed by atoms with van der Waals surface area (Å²) in [6, 6.07) is 6.58. The zero-order chi connectivity index (χ0) is 9.69. The van der Waals surface area contributed by atoms with Crippen molar-refractivity contribution in [2.75, 3.05) is 5.75 Å². The third-order valence-corrected chi connectivity index (χ3v) is 4.24. The summed E-state index contributed by atoms with van der Waals surface area (Å²) in [5, 5.41) is 9.80. The van der Waals surface area contributed by atoms with Crippen LogP contribution in [0.3, 0.4) is 0 Å². The molecule has 1 aliphatic rings. The third kappa shape index (κ3) is 1.17. The molecule has 0 aromatic heterocycles. The highest BCUT2D eigenvalue weighted by Gasteiger charge is 2.41. The van der Waals surface area contributed by atoms with Crippen molar-refractivity contribution >= 4 is 9.84 Å². The van der Waals surface area contributed by atoms with Gasteiger partial charge in [-0.1, -0.05) is 18.2 Å². The van der Waals surface area contributed by atoms with Crippen LogP contribution in [0.2, 0.25) is 0 Å². The molecule has 1 N–H and O–H groups in total. The molecule has 1 aliphatic heterocycles. The number of benzene rings is 1. The molecule has 4 heteroatoms. The van der Waals surface area contributed by atoms with Crippen molar-refractivity contribution in [3.05, 3.63) is 29.8 Å². The van der Waals surface area contributed by atoms with Gasteiger partial charge in [-0.25, -0.2) is 8.42 Å². The van der Waals surface area contributed by atoms with E-state index in [2.05, 4.69) is 0 Å². The van der Waals surface area contributed by atoms with Crippen molar-refractivity contribution in [2.24, 2.45) is 0 Å². The van der Waals surface area contributed by atoms with Crippen molar-refractivity contribution in [3.8, 4) is 0 Å². The Labute approximate surface area is 76.9 Å². The Hall–Kier alpha value is -0.870. The molecule has 1 atom stereocenters. The summed E-state index contributed by atoms with van der Waals surface area (Å²) in [4.78, 5) is 0.264. The first-order valence-electron chi connectivity index (χ1n) is 3.98. The topological polar surface area (TPSA) is 54.4 Å². The highest BCUT2D eigenvalue weighted by molar-refractivity contribution is 7.91. The zero-order valence-corrected chi connectivity index (χ0v) is 8.00. The summed E-state index contributed by atoms with van der Waals surface area (Å²) in [7, 11) is -3.26. The standard InChI is InChI=1S/C9H10O3S/c1-9(10)6-13(11,12)8-5-3-2-4-7(8)9/h2-5,10H,6H2,1H3. The van der Waals surface area contributed by atoms with Gasteiger partial charge in [0.1, 0.15) is 5.60 Å². The summed E-state index contributed by atoms with van der Waals surface area (Å²) in [5.74, 6) is -0.209. The molecular weight excluding hydrogens is 188 g/mol. The largest absolute Gasteiger partial charge is 0.384 e. The van der Waals surface area contributed by atoms with Gasteiger partial charge in [0, 0.05) is 5.56 Å². The molecule has 1 unspecified atom stereocenters. The minimum absolute atomic E-state index is 0.209. The van der Waals surface area contributed by atoms with Gasteiger partial charge in [-0.05, 0) is 13.0 Å². The van der Waals surface area contributed by atoms with Gasteiger partial charge in [0.25, 0.3) is 0 Å². The fourth-order valence-corrected chi connectivity index (χ4v) is 3.67. The van der Waals surface area contributed by atoms with Gasteiger partial charge in [0.2, 0.25) is 0 Å². The summed E-state index contributed by atoms with van der Waals surface area (Å²) < 4.78 is 23.0. The van der Waals surface area contributed by atoms with Crippen molar-refractivity contribution in [1.29, 1.82) is 0 Å². The van der Waals surface area contributed by atoms with E-state index in [1.165, 1.54) is 13.0 Å². The van der Waals surface area contributed by atoms with Crippen LogP contribution in [0.25, 0.3) is 0 Å². The number of fused-ring (bicyclic) bond motifs is 1. The molecule has 3 nitrogen and oxygen atoms in total. The first-order chi connectivity index (χ1) is 5.93. The zero-order valence-electron chi connectivity index (χ0n) is 7.19. The molecule has 0 amide bonds. The monoisotopic (exact) mass is 198 g/mol. The van der Waals surface area contributed by atoms with Crippen LogP contribution in [-0.4, -0.2) is 19.3 Å². The summed E-state index contributed by atoms with van der Waals surface area (Å²) in [5.41, 5.74) is -0.717. The molecule has 0 saturated heterocycles. The van der Waals surface area contributed by atoms with Crippen LogP contribution in [-0.2, 0) is 15.4 Å². The molecule has 13 heavy (non-hydrogen) atoms. The molecule has 0 aliphatic carbocycles. The Morgan fingerprint density at radius 2 is 2.00 bits per heavy atom. The number of sulfone groups is 1. The van der Waals surface area contributed by atoms with Crippen molar-refractivity contribution < 1.29 is 13.5 Å². The summed E-state index contributed by atoms with van der Waals surface area (Å²) in [6.45, 7) is 1.52. The summed E-state index contributed by atoms with van der Waals surface area (Å²) in [6.07, 6.45) is 0. The second-order valence-electron chi connectivity index (χ2n) is 3.53. The smallest absolute Gasteiger partial charge is 0.181 e. The van der Waals surface area contributed by atoms with E-state index in [1.807, 2.05) is 0 Å². The van der Waals surface area contributed by atoms with E-state index in [9.17, 15) is 13.5 Å². The molecule has 1 aromatic rings. The maximum atomic E-state index is 11.5.